The summed E-state index contributed by atoms with van der Waals surface area (Å²) in [7, 11) is -0.579. The molecule has 0 radical (unpaired) electrons. The second kappa shape index (κ2) is 6.61. The van der Waals surface area contributed by atoms with E-state index in [1.54, 1.807) is 0 Å². The molecule has 1 rings (SSSR count). The predicted molar refractivity (Wildman–Crippen MR) is 66.4 cm³/mol. The van der Waals surface area contributed by atoms with Gasteiger partial charge in [0.1, 0.15) is 0 Å². The van der Waals surface area contributed by atoms with Gasteiger partial charge in [0.05, 0.1) is 0 Å². The smallest absolute Gasteiger partial charge is 0.0363 e. The van der Waals surface area contributed by atoms with Crippen LogP contribution in [0.3, 0.4) is 0 Å². The van der Waals surface area contributed by atoms with Crippen molar-refractivity contribution >= 4 is 10.8 Å². The minimum atomic E-state index is -0.579. The Labute approximate surface area is 95.9 Å². The van der Waals surface area contributed by atoms with Crippen LogP contribution in [0.4, 0.5) is 0 Å². The quantitative estimate of drug-likeness (QED) is 0.763. The predicted octanol–water partition coefficient (Wildman–Crippen LogP) is 0.814. The van der Waals surface area contributed by atoms with Gasteiger partial charge in [-0.05, 0) is 5.92 Å². The van der Waals surface area contributed by atoms with Gasteiger partial charge in [-0.2, -0.15) is 0 Å². The largest absolute Gasteiger partial charge is 0.329 e. The summed E-state index contributed by atoms with van der Waals surface area (Å²) in [5.74, 6) is 2.36. The number of rotatable bonds is 5. The Morgan fingerprint density at radius 1 is 1.27 bits per heavy atom. The fourth-order valence-electron chi connectivity index (χ4n) is 2.46. The lowest BCUT2D eigenvalue weighted by Gasteiger charge is -2.37. The van der Waals surface area contributed by atoms with Crippen molar-refractivity contribution in [3.63, 3.8) is 0 Å². The molecule has 0 spiro atoms. The molecule has 0 aromatic heterocycles. The van der Waals surface area contributed by atoms with Crippen LogP contribution in [0.1, 0.15) is 26.7 Å². The van der Waals surface area contributed by atoms with Gasteiger partial charge >= 0.3 is 0 Å². The lowest BCUT2D eigenvalue weighted by Crippen LogP contribution is -2.50. The highest BCUT2D eigenvalue weighted by Gasteiger charge is 2.26. The maximum Gasteiger partial charge on any atom is 0.0363 e. The van der Waals surface area contributed by atoms with E-state index >= 15 is 0 Å². The van der Waals surface area contributed by atoms with Crippen LogP contribution in [0, 0.1) is 5.92 Å². The lowest BCUT2D eigenvalue weighted by molar-refractivity contribution is 0.152. The van der Waals surface area contributed by atoms with Gasteiger partial charge in [-0.15, -0.1) is 0 Å². The Kier molecular flexibility index (Phi) is 5.79. The number of nitrogens with two attached hydrogens (primary N) is 1. The van der Waals surface area contributed by atoms with Crippen LogP contribution in [0.2, 0.25) is 0 Å². The fraction of sp³-hybridized carbons (Fsp3) is 1.00. The van der Waals surface area contributed by atoms with E-state index in [-0.39, 0.29) is 0 Å². The first-order valence-electron chi connectivity index (χ1n) is 6.02. The Bertz CT molecular complexity index is 197. The molecule has 15 heavy (non-hydrogen) atoms. The van der Waals surface area contributed by atoms with Crippen LogP contribution in [0.5, 0.6) is 0 Å². The van der Waals surface area contributed by atoms with Crippen molar-refractivity contribution < 1.29 is 4.21 Å². The van der Waals surface area contributed by atoms with E-state index in [9.17, 15) is 4.21 Å². The molecule has 0 saturated carbocycles. The van der Waals surface area contributed by atoms with Gasteiger partial charge in [-0.1, -0.05) is 26.7 Å². The molecule has 2 N–H and O–H groups in total. The molecule has 0 aromatic rings. The summed E-state index contributed by atoms with van der Waals surface area (Å²) in [5, 5.41) is 0. The molecular formula is C11H24N2OS. The second-order valence-corrected chi connectivity index (χ2v) is 5.96. The normalized spacial score (nSPS) is 22.1. The average Bonchev–Trinajstić information content (AvgIpc) is 2.27. The number of hydrogen-bond acceptors (Lipinski definition) is 3. The lowest BCUT2D eigenvalue weighted by atomic mass is 9.93. The van der Waals surface area contributed by atoms with Crippen LogP contribution in [-0.2, 0) is 10.8 Å². The molecule has 1 heterocycles. The Hall–Kier alpha value is 0.0700. The Morgan fingerprint density at radius 3 is 2.20 bits per heavy atom. The summed E-state index contributed by atoms with van der Waals surface area (Å²) in [6.07, 6.45) is 2.38. The number of hydrogen-bond donors (Lipinski definition) is 1. The van der Waals surface area contributed by atoms with Gasteiger partial charge in [-0.3, -0.25) is 9.11 Å². The molecule has 1 aliphatic rings. The van der Waals surface area contributed by atoms with Crippen LogP contribution in [0.15, 0.2) is 0 Å². The van der Waals surface area contributed by atoms with E-state index in [4.69, 9.17) is 5.73 Å². The number of nitrogens with zero attached hydrogens (tertiary/aromatic N) is 1. The molecule has 90 valence electrons. The van der Waals surface area contributed by atoms with Crippen molar-refractivity contribution in [1.29, 1.82) is 0 Å². The van der Waals surface area contributed by atoms with E-state index in [0.717, 1.165) is 31.1 Å². The third-order valence-electron chi connectivity index (χ3n) is 3.52. The van der Waals surface area contributed by atoms with Crippen LogP contribution in [0.25, 0.3) is 0 Å². The summed E-state index contributed by atoms with van der Waals surface area (Å²) in [6.45, 7) is 7.13. The standard InChI is InChI=1S/C11H24N2OS/c1-3-10(4-2)11(9-12)13-5-7-15(14)8-6-13/h10-11H,3-9,12H2,1-2H3. The van der Waals surface area contributed by atoms with E-state index in [0.29, 0.717) is 12.0 Å². The Balaban J connectivity index is 2.53. The van der Waals surface area contributed by atoms with Crippen molar-refractivity contribution in [2.45, 2.75) is 32.7 Å². The van der Waals surface area contributed by atoms with Crippen LogP contribution >= 0.6 is 0 Å². The zero-order valence-electron chi connectivity index (χ0n) is 9.95. The summed E-state index contributed by atoms with van der Waals surface area (Å²) in [4.78, 5) is 2.44. The summed E-state index contributed by atoms with van der Waals surface area (Å²) in [6, 6.07) is 0.497. The molecule has 1 atom stereocenters. The van der Waals surface area contributed by atoms with Gasteiger partial charge in [0.25, 0.3) is 0 Å². The molecule has 1 unspecified atom stereocenters. The van der Waals surface area contributed by atoms with E-state index in [1.807, 2.05) is 0 Å². The molecule has 1 aliphatic heterocycles. The summed E-state index contributed by atoms with van der Waals surface area (Å²) in [5.41, 5.74) is 5.87. The first kappa shape index (κ1) is 13.1. The van der Waals surface area contributed by atoms with Crippen molar-refractivity contribution in [2.24, 2.45) is 11.7 Å². The molecule has 1 fully saturated rings. The highest BCUT2D eigenvalue weighted by Crippen LogP contribution is 2.19. The molecule has 0 aliphatic carbocycles. The third-order valence-corrected chi connectivity index (χ3v) is 4.79. The molecule has 4 heteroatoms. The zero-order valence-corrected chi connectivity index (χ0v) is 10.8. The van der Waals surface area contributed by atoms with Gasteiger partial charge in [0.2, 0.25) is 0 Å². The van der Waals surface area contributed by atoms with Crippen molar-refractivity contribution in [1.82, 2.24) is 4.90 Å². The third kappa shape index (κ3) is 3.54. The topological polar surface area (TPSA) is 46.3 Å². The molecule has 1 saturated heterocycles. The Morgan fingerprint density at radius 2 is 1.80 bits per heavy atom. The molecular weight excluding hydrogens is 208 g/mol. The van der Waals surface area contributed by atoms with Crippen molar-refractivity contribution in [2.75, 3.05) is 31.1 Å². The average molecular weight is 232 g/mol. The van der Waals surface area contributed by atoms with Crippen molar-refractivity contribution in [3.05, 3.63) is 0 Å². The monoisotopic (exact) mass is 232 g/mol. The second-order valence-electron chi connectivity index (χ2n) is 4.26. The van der Waals surface area contributed by atoms with E-state index < -0.39 is 10.8 Å². The highest BCUT2D eigenvalue weighted by molar-refractivity contribution is 7.85. The van der Waals surface area contributed by atoms with E-state index in [2.05, 4.69) is 18.7 Å². The maximum absolute atomic E-state index is 11.3. The minimum Gasteiger partial charge on any atom is -0.329 e. The van der Waals surface area contributed by atoms with Crippen LogP contribution < -0.4 is 5.73 Å². The van der Waals surface area contributed by atoms with Gasteiger partial charge < -0.3 is 5.73 Å². The first-order valence-corrected chi connectivity index (χ1v) is 7.50. The highest BCUT2D eigenvalue weighted by atomic mass is 32.2. The maximum atomic E-state index is 11.3. The van der Waals surface area contributed by atoms with Gasteiger partial charge in [0.15, 0.2) is 0 Å². The first-order chi connectivity index (χ1) is 7.22. The molecule has 0 bridgehead atoms. The molecule has 0 amide bonds. The minimum absolute atomic E-state index is 0.497. The molecule has 0 aromatic carbocycles. The van der Waals surface area contributed by atoms with Gasteiger partial charge in [-0.25, -0.2) is 0 Å². The van der Waals surface area contributed by atoms with Crippen LogP contribution in [-0.4, -0.2) is 46.3 Å². The summed E-state index contributed by atoms with van der Waals surface area (Å²) < 4.78 is 11.3. The SMILES string of the molecule is CCC(CC)C(CN)N1CCS(=O)CC1. The van der Waals surface area contributed by atoms with Gasteiger partial charge in [0, 0.05) is 48.0 Å². The van der Waals surface area contributed by atoms with Crippen molar-refractivity contribution in [3.8, 4) is 0 Å². The van der Waals surface area contributed by atoms with E-state index in [1.165, 1.54) is 12.8 Å². The summed E-state index contributed by atoms with van der Waals surface area (Å²) >= 11 is 0. The zero-order chi connectivity index (χ0) is 11.3. The molecule has 3 nitrogen and oxygen atoms in total. The fourth-order valence-corrected chi connectivity index (χ4v) is 3.54.